The third-order valence-electron chi connectivity index (χ3n) is 5.32. The quantitative estimate of drug-likeness (QED) is 0.0385. The van der Waals surface area contributed by atoms with Crippen LogP contribution in [0, 0.1) is 0 Å². The Kier molecular flexibility index (Phi) is 24.3. The van der Waals surface area contributed by atoms with Gasteiger partial charge in [-0.3, -0.25) is 9.36 Å². The molecule has 0 aliphatic heterocycles. The Labute approximate surface area is 249 Å². The van der Waals surface area contributed by atoms with Crippen LogP contribution >= 0.6 is 7.82 Å². The van der Waals surface area contributed by atoms with Gasteiger partial charge in [0.2, 0.25) is 0 Å². The first kappa shape index (κ1) is 38.9. The second-order valence-corrected chi connectivity index (χ2v) is 11.9. The standard InChI is InChI=1S/C32H54NO7P/c1-6-7-8-9-10-11-12-13-14-15-16-17-18-19-20-21-22-23-24-25-27-37-29-32(40-31(2)34)30-39-41(35,36)38-28-26-33(3,4)5/h7-8,10-11,13-14,16-17,19-20,22-23,32H,6,9,12,15,18,21,24-30H2,1-5H3/b8-7-,11-10-,14-13-,17-16-,20-19-,23-22-. The number of phosphoric ester groups is 1. The largest absolute Gasteiger partial charge is 0.756 e. The average Bonchev–Trinajstić information content (AvgIpc) is 2.89. The third kappa shape index (κ3) is 30.7. The highest BCUT2D eigenvalue weighted by Crippen LogP contribution is 2.38. The second-order valence-electron chi connectivity index (χ2n) is 10.5. The molecule has 0 amide bonds. The Bertz CT molecular complexity index is 885. The summed E-state index contributed by atoms with van der Waals surface area (Å²) >= 11 is 0. The lowest BCUT2D eigenvalue weighted by Crippen LogP contribution is -2.37. The molecule has 2 atom stereocenters. The number of rotatable bonds is 25. The summed E-state index contributed by atoms with van der Waals surface area (Å²) < 4.78 is 33.0. The van der Waals surface area contributed by atoms with Crippen LogP contribution in [-0.2, 0) is 27.9 Å². The fraction of sp³-hybridized carbons (Fsp3) is 0.594. The van der Waals surface area contributed by atoms with Crippen molar-refractivity contribution in [1.82, 2.24) is 0 Å². The van der Waals surface area contributed by atoms with E-state index in [0.29, 0.717) is 17.6 Å². The predicted octanol–water partition coefficient (Wildman–Crippen LogP) is 6.62. The highest BCUT2D eigenvalue weighted by Gasteiger charge is 2.19. The molecule has 0 aliphatic carbocycles. The van der Waals surface area contributed by atoms with Crippen LogP contribution in [0.2, 0.25) is 0 Å². The van der Waals surface area contributed by atoms with E-state index in [9.17, 15) is 14.3 Å². The van der Waals surface area contributed by atoms with Gasteiger partial charge < -0.3 is 27.9 Å². The molecule has 0 heterocycles. The summed E-state index contributed by atoms with van der Waals surface area (Å²) in [6, 6.07) is 0. The monoisotopic (exact) mass is 595 g/mol. The Hall–Kier alpha value is -2.06. The first-order chi connectivity index (χ1) is 19.6. The van der Waals surface area contributed by atoms with E-state index in [1.54, 1.807) is 0 Å². The van der Waals surface area contributed by atoms with Crippen molar-refractivity contribution in [3.8, 4) is 0 Å². The molecule has 0 spiro atoms. The highest BCUT2D eigenvalue weighted by molar-refractivity contribution is 7.45. The van der Waals surface area contributed by atoms with Crippen LogP contribution in [0.3, 0.4) is 0 Å². The summed E-state index contributed by atoms with van der Waals surface area (Å²) in [5.41, 5.74) is 0. The normalized spacial score (nSPS) is 15.4. The molecule has 0 aliphatic rings. The topological polar surface area (TPSA) is 94.1 Å². The first-order valence-corrected chi connectivity index (χ1v) is 16.1. The summed E-state index contributed by atoms with van der Waals surface area (Å²) in [4.78, 5) is 23.3. The van der Waals surface area contributed by atoms with Gasteiger partial charge in [-0.2, -0.15) is 0 Å². The Morgan fingerprint density at radius 2 is 1.24 bits per heavy atom. The molecule has 0 N–H and O–H groups in total. The number of phosphoric acid groups is 1. The lowest BCUT2D eigenvalue weighted by Gasteiger charge is -2.28. The minimum atomic E-state index is -4.49. The van der Waals surface area contributed by atoms with Gasteiger partial charge in [0.1, 0.15) is 19.3 Å². The molecular formula is C32H54NO7P. The van der Waals surface area contributed by atoms with Crippen molar-refractivity contribution in [1.29, 1.82) is 0 Å². The van der Waals surface area contributed by atoms with Gasteiger partial charge in [0.05, 0.1) is 34.4 Å². The lowest BCUT2D eigenvalue weighted by atomic mass is 10.2. The van der Waals surface area contributed by atoms with Gasteiger partial charge in [-0.05, 0) is 51.4 Å². The Morgan fingerprint density at radius 3 is 1.71 bits per heavy atom. The number of unbranched alkanes of at least 4 members (excludes halogenated alkanes) is 1. The molecular weight excluding hydrogens is 541 g/mol. The smallest absolute Gasteiger partial charge is 0.303 e. The number of likely N-dealkylation sites (N-methyl/N-ethyl adjacent to an activating group) is 1. The molecule has 41 heavy (non-hydrogen) atoms. The van der Waals surface area contributed by atoms with E-state index in [-0.39, 0.29) is 19.8 Å². The van der Waals surface area contributed by atoms with Gasteiger partial charge in [-0.25, -0.2) is 0 Å². The van der Waals surface area contributed by atoms with Crippen molar-refractivity contribution < 1.29 is 37.3 Å². The summed E-state index contributed by atoms with van der Waals surface area (Å²) in [5, 5.41) is 0. The van der Waals surface area contributed by atoms with E-state index in [1.807, 2.05) is 21.1 Å². The van der Waals surface area contributed by atoms with Crippen molar-refractivity contribution in [2.24, 2.45) is 0 Å². The third-order valence-corrected chi connectivity index (χ3v) is 6.29. The van der Waals surface area contributed by atoms with Crippen molar-refractivity contribution in [3.63, 3.8) is 0 Å². The zero-order valence-corrected chi connectivity index (χ0v) is 26.8. The molecule has 0 aromatic rings. The zero-order valence-electron chi connectivity index (χ0n) is 26.0. The Morgan fingerprint density at radius 1 is 0.756 bits per heavy atom. The van der Waals surface area contributed by atoms with Crippen LogP contribution in [0.5, 0.6) is 0 Å². The summed E-state index contributed by atoms with van der Waals surface area (Å²) in [6.07, 6.45) is 32.7. The van der Waals surface area contributed by atoms with Crippen molar-refractivity contribution in [3.05, 3.63) is 72.9 Å². The van der Waals surface area contributed by atoms with Crippen LogP contribution < -0.4 is 4.89 Å². The van der Waals surface area contributed by atoms with E-state index < -0.39 is 19.9 Å². The molecule has 0 fully saturated rings. The van der Waals surface area contributed by atoms with E-state index in [4.69, 9.17) is 18.5 Å². The van der Waals surface area contributed by atoms with Crippen LogP contribution in [0.25, 0.3) is 0 Å². The minimum Gasteiger partial charge on any atom is -0.756 e. The molecule has 0 aromatic carbocycles. The molecule has 0 saturated carbocycles. The second kappa shape index (κ2) is 25.6. The van der Waals surface area contributed by atoms with Crippen molar-refractivity contribution >= 4 is 13.8 Å². The van der Waals surface area contributed by atoms with E-state index >= 15 is 0 Å². The molecule has 234 valence electrons. The Balaban J connectivity index is 3.95. The van der Waals surface area contributed by atoms with E-state index in [0.717, 1.165) is 51.4 Å². The number of nitrogens with zero attached hydrogens (tertiary/aromatic N) is 1. The number of esters is 1. The van der Waals surface area contributed by atoms with E-state index in [1.165, 1.54) is 6.92 Å². The molecule has 8 nitrogen and oxygen atoms in total. The van der Waals surface area contributed by atoms with E-state index in [2.05, 4.69) is 79.8 Å². The molecule has 0 radical (unpaired) electrons. The summed E-state index contributed by atoms with van der Waals surface area (Å²) in [5.74, 6) is -0.535. The van der Waals surface area contributed by atoms with Gasteiger partial charge in [-0.15, -0.1) is 0 Å². The highest BCUT2D eigenvalue weighted by atomic mass is 31.2. The van der Waals surface area contributed by atoms with Gasteiger partial charge >= 0.3 is 5.97 Å². The number of carbonyl (C=O) groups excluding carboxylic acids is 1. The number of quaternary nitrogens is 1. The van der Waals surface area contributed by atoms with Crippen LogP contribution in [0.1, 0.15) is 65.2 Å². The number of ether oxygens (including phenoxy) is 2. The maximum atomic E-state index is 12.0. The predicted molar refractivity (Wildman–Crippen MR) is 166 cm³/mol. The van der Waals surface area contributed by atoms with Crippen LogP contribution in [0.15, 0.2) is 72.9 Å². The first-order valence-electron chi connectivity index (χ1n) is 14.6. The van der Waals surface area contributed by atoms with Crippen LogP contribution in [0.4, 0.5) is 0 Å². The molecule has 0 aromatic heterocycles. The van der Waals surface area contributed by atoms with Gasteiger partial charge in [0.25, 0.3) is 7.82 Å². The molecule has 9 heteroatoms. The minimum absolute atomic E-state index is 0.00755. The van der Waals surface area contributed by atoms with Crippen LogP contribution in [-0.4, -0.2) is 70.7 Å². The summed E-state index contributed by atoms with van der Waals surface area (Å²) in [6.45, 7) is 4.06. The summed E-state index contributed by atoms with van der Waals surface area (Å²) in [7, 11) is 1.29. The molecule has 0 bridgehead atoms. The van der Waals surface area contributed by atoms with Gasteiger partial charge in [0, 0.05) is 13.5 Å². The van der Waals surface area contributed by atoms with Crippen molar-refractivity contribution in [2.45, 2.75) is 71.3 Å². The SMILES string of the molecule is CC/C=C\C/C=C\C/C=C\C/C=C\C/C=C\C/C=C\CCCOCC(COP(=O)([O-])OCC[N+](C)(C)C)OC(C)=O. The van der Waals surface area contributed by atoms with Gasteiger partial charge in [-0.1, -0.05) is 79.8 Å². The number of hydrogen-bond donors (Lipinski definition) is 0. The number of carbonyl (C=O) groups is 1. The molecule has 2 unspecified atom stereocenters. The molecule has 0 saturated heterocycles. The maximum absolute atomic E-state index is 12.0. The fourth-order valence-electron chi connectivity index (χ4n) is 3.15. The maximum Gasteiger partial charge on any atom is 0.303 e. The fourth-order valence-corrected chi connectivity index (χ4v) is 3.88. The lowest BCUT2D eigenvalue weighted by molar-refractivity contribution is -0.870. The molecule has 0 rings (SSSR count). The average molecular weight is 596 g/mol. The number of hydrogen-bond acceptors (Lipinski definition) is 7. The van der Waals surface area contributed by atoms with Gasteiger partial charge in [0.15, 0.2) is 0 Å². The van der Waals surface area contributed by atoms with Crippen molar-refractivity contribution in [2.75, 3.05) is 54.1 Å². The zero-order chi connectivity index (χ0) is 30.7. The number of allylic oxidation sites excluding steroid dienone is 12.